The summed E-state index contributed by atoms with van der Waals surface area (Å²) in [6, 6.07) is 8.07. The molecule has 1 atom stereocenters. The Labute approximate surface area is 149 Å². The van der Waals surface area contributed by atoms with Crippen LogP contribution in [0.25, 0.3) is 0 Å². The molecule has 0 fully saturated rings. The van der Waals surface area contributed by atoms with Gasteiger partial charge in [-0.05, 0) is 43.7 Å². The van der Waals surface area contributed by atoms with Crippen LogP contribution in [0.5, 0.6) is 0 Å². The standard InChI is InChI=1S/C21H26N2O2/c1-15(23-21(25)19-8-4-5-9-19)17-12-10-16(11-13-17)14-22-20(24)18-6-2-3-7-18/h2-5,10-13,15,18-19H,6-9,14H2,1H3,(H,22,24)(H,23,25)/t15-/m0/s1. The molecule has 1 aromatic carbocycles. The van der Waals surface area contributed by atoms with Crippen LogP contribution in [0.15, 0.2) is 48.6 Å². The number of hydrogen-bond donors (Lipinski definition) is 2. The van der Waals surface area contributed by atoms with Crippen LogP contribution in [-0.2, 0) is 16.1 Å². The molecule has 1 aromatic rings. The molecular formula is C21H26N2O2. The second-order valence-electron chi connectivity index (χ2n) is 6.97. The summed E-state index contributed by atoms with van der Waals surface area (Å²) in [5.41, 5.74) is 2.15. The molecule has 2 aliphatic carbocycles. The molecule has 0 unspecified atom stereocenters. The summed E-state index contributed by atoms with van der Waals surface area (Å²) in [5.74, 6) is 0.431. The van der Waals surface area contributed by atoms with Crippen LogP contribution in [0.3, 0.4) is 0 Å². The Balaban J connectivity index is 1.47. The van der Waals surface area contributed by atoms with Gasteiger partial charge in [0.1, 0.15) is 0 Å². The van der Waals surface area contributed by atoms with Gasteiger partial charge in [0.25, 0.3) is 0 Å². The van der Waals surface area contributed by atoms with Crippen molar-refractivity contribution in [2.24, 2.45) is 11.8 Å². The molecule has 2 aliphatic rings. The average molecular weight is 338 g/mol. The molecule has 0 radical (unpaired) electrons. The summed E-state index contributed by atoms with van der Waals surface area (Å²) in [6.45, 7) is 2.55. The van der Waals surface area contributed by atoms with E-state index in [1.807, 2.05) is 31.2 Å². The maximum atomic E-state index is 12.2. The van der Waals surface area contributed by atoms with Gasteiger partial charge in [0.2, 0.25) is 11.8 Å². The van der Waals surface area contributed by atoms with E-state index >= 15 is 0 Å². The average Bonchev–Trinajstić information content (AvgIpc) is 3.33. The number of carbonyl (C=O) groups is 2. The number of carbonyl (C=O) groups excluding carboxylic acids is 2. The molecule has 0 aliphatic heterocycles. The van der Waals surface area contributed by atoms with Gasteiger partial charge in [0.05, 0.1) is 6.04 Å². The van der Waals surface area contributed by atoms with E-state index in [9.17, 15) is 9.59 Å². The fourth-order valence-corrected chi connectivity index (χ4v) is 3.33. The smallest absolute Gasteiger partial charge is 0.224 e. The third-order valence-corrected chi connectivity index (χ3v) is 5.06. The lowest BCUT2D eigenvalue weighted by molar-refractivity contribution is -0.125. The molecule has 0 bridgehead atoms. The van der Waals surface area contributed by atoms with Gasteiger partial charge in [0, 0.05) is 18.4 Å². The van der Waals surface area contributed by atoms with Crippen molar-refractivity contribution in [3.63, 3.8) is 0 Å². The molecule has 0 saturated heterocycles. The van der Waals surface area contributed by atoms with Crippen LogP contribution in [0.4, 0.5) is 0 Å². The topological polar surface area (TPSA) is 58.2 Å². The molecule has 132 valence electrons. The van der Waals surface area contributed by atoms with E-state index in [0.717, 1.165) is 36.8 Å². The summed E-state index contributed by atoms with van der Waals surface area (Å²) < 4.78 is 0. The normalized spacial score (nSPS) is 18.4. The van der Waals surface area contributed by atoms with E-state index < -0.39 is 0 Å². The lowest BCUT2D eigenvalue weighted by Gasteiger charge is -2.18. The van der Waals surface area contributed by atoms with Crippen molar-refractivity contribution < 1.29 is 9.59 Å². The summed E-state index contributed by atoms with van der Waals surface area (Å²) in [7, 11) is 0. The zero-order valence-electron chi connectivity index (χ0n) is 14.7. The summed E-state index contributed by atoms with van der Waals surface area (Å²) >= 11 is 0. The number of hydrogen-bond acceptors (Lipinski definition) is 2. The number of allylic oxidation sites excluding steroid dienone is 4. The summed E-state index contributed by atoms with van der Waals surface area (Å²) in [6.07, 6.45) is 11.6. The minimum atomic E-state index is -0.0127. The van der Waals surface area contributed by atoms with E-state index in [2.05, 4.69) is 34.9 Å². The predicted octanol–water partition coefficient (Wildman–Crippen LogP) is 3.41. The molecule has 0 aromatic heterocycles. The van der Waals surface area contributed by atoms with Gasteiger partial charge in [-0.3, -0.25) is 9.59 Å². The molecular weight excluding hydrogens is 312 g/mol. The minimum absolute atomic E-state index is 0.0127. The Morgan fingerprint density at radius 2 is 1.44 bits per heavy atom. The van der Waals surface area contributed by atoms with Crippen molar-refractivity contribution in [2.75, 3.05) is 0 Å². The highest BCUT2D eigenvalue weighted by Gasteiger charge is 2.21. The quantitative estimate of drug-likeness (QED) is 0.781. The Kier molecular flexibility index (Phi) is 5.69. The Bertz CT molecular complexity index is 660. The maximum absolute atomic E-state index is 12.2. The van der Waals surface area contributed by atoms with Gasteiger partial charge in [-0.15, -0.1) is 0 Å². The van der Waals surface area contributed by atoms with Crippen LogP contribution < -0.4 is 10.6 Å². The SMILES string of the molecule is C[C@H](NC(=O)C1CC=CC1)c1ccc(CNC(=O)C2CC=CC2)cc1. The van der Waals surface area contributed by atoms with Crippen LogP contribution in [0.1, 0.15) is 49.8 Å². The zero-order chi connectivity index (χ0) is 17.6. The first-order chi connectivity index (χ1) is 12.1. The molecule has 0 heterocycles. The van der Waals surface area contributed by atoms with E-state index in [-0.39, 0.29) is 29.7 Å². The highest BCUT2D eigenvalue weighted by Crippen LogP contribution is 2.21. The third kappa shape index (κ3) is 4.59. The van der Waals surface area contributed by atoms with Crippen molar-refractivity contribution in [3.05, 3.63) is 59.7 Å². The van der Waals surface area contributed by atoms with Gasteiger partial charge in [-0.1, -0.05) is 48.6 Å². The maximum Gasteiger partial charge on any atom is 0.224 e. The van der Waals surface area contributed by atoms with E-state index in [4.69, 9.17) is 0 Å². The van der Waals surface area contributed by atoms with Crippen molar-refractivity contribution in [3.8, 4) is 0 Å². The Morgan fingerprint density at radius 3 is 2.00 bits per heavy atom. The predicted molar refractivity (Wildman–Crippen MR) is 98.6 cm³/mol. The van der Waals surface area contributed by atoms with Crippen LogP contribution in [-0.4, -0.2) is 11.8 Å². The summed E-state index contributed by atoms with van der Waals surface area (Å²) in [4.78, 5) is 24.2. The second-order valence-corrected chi connectivity index (χ2v) is 6.97. The first-order valence-corrected chi connectivity index (χ1v) is 9.10. The lowest BCUT2D eigenvalue weighted by Crippen LogP contribution is -2.31. The first kappa shape index (κ1) is 17.5. The number of nitrogens with one attached hydrogen (secondary N) is 2. The molecule has 2 amide bonds. The lowest BCUT2D eigenvalue weighted by atomic mass is 10.0. The molecule has 4 heteroatoms. The molecule has 0 spiro atoms. The van der Waals surface area contributed by atoms with Gasteiger partial charge in [-0.25, -0.2) is 0 Å². The van der Waals surface area contributed by atoms with E-state index in [1.54, 1.807) is 0 Å². The molecule has 0 saturated carbocycles. The van der Waals surface area contributed by atoms with Crippen molar-refractivity contribution in [1.82, 2.24) is 10.6 Å². The van der Waals surface area contributed by atoms with Gasteiger partial charge in [0.15, 0.2) is 0 Å². The fraction of sp³-hybridized carbons (Fsp3) is 0.429. The van der Waals surface area contributed by atoms with Crippen LogP contribution in [0.2, 0.25) is 0 Å². The van der Waals surface area contributed by atoms with Gasteiger partial charge < -0.3 is 10.6 Å². The highest BCUT2D eigenvalue weighted by molar-refractivity contribution is 5.80. The monoisotopic (exact) mass is 338 g/mol. The second kappa shape index (κ2) is 8.15. The summed E-state index contributed by atoms with van der Waals surface area (Å²) in [5, 5.41) is 6.09. The zero-order valence-corrected chi connectivity index (χ0v) is 14.7. The third-order valence-electron chi connectivity index (χ3n) is 5.06. The number of benzene rings is 1. The van der Waals surface area contributed by atoms with Gasteiger partial charge >= 0.3 is 0 Å². The van der Waals surface area contributed by atoms with Crippen molar-refractivity contribution >= 4 is 11.8 Å². The first-order valence-electron chi connectivity index (χ1n) is 9.10. The fourth-order valence-electron chi connectivity index (χ4n) is 3.33. The van der Waals surface area contributed by atoms with E-state index in [0.29, 0.717) is 6.54 Å². The molecule has 25 heavy (non-hydrogen) atoms. The number of amides is 2. The largest absolute Gasteiger partial charge is 0.352 e. The van der Waals surface area contributed by atoms with E-state index in [1.165, 1.54) is 0 Å². The molecule has 2 N–H and O–H groups in total. The molecule has 3 rings (SSSR count). The van der Waals surface area contributed by atoms with Crippen LogP contribution in [0, 0.1) is 11.8 Å². The highest BCUT2D eigenvalue weighted by atomic mass is 16.2. The number of rotatable bonds is 6. The van der Waals surface area contributed by atoms with Crippen molar-refractivity contribution in [1.29, 1.82) is 0 Å². The van der Waals surface area contributed by atoms with Crippen LogP contribution >= 0.6 is 0 Å². The Morgan fingerprint density at radius 1 is 0.920 bits per heavy atom. The van der Waals surface area contributed by atoms with Gasteiger partial charge in [-0.2, -0.15) is 0 Å². The molecule has 4 nitrogen and oxygen atoms in total. The minimum Gasteiger partial charge on any atom is -0.352 e. The van der Waals surface area contributed by atoms with Crippen molar-refractivity contribution in [2.45, 2.75) is 45.2 Å². The Hall–Kier alpha value is -2.36.